The molecule has 1 aromatic heterocycles. The molecule has 0 unspecified atom stereocenters. The van der Waals surface area contributed by atoms with Crippen LogP contribution in [0.3, 0.4) is 0 Å². The van der Waals surface area contributed by atoms with Crippen LogP contribution in [0, 0.1) is 6.92 Å². The summed E-state index contributed by atoms with van der Waals surface area (Å²) in [4.78, 5) is 0. The normalized spacial score (nSPS) is 10.1. The van der Waals surface area contributed by atoms with E-state index in [1.54, 1.807) is 13.3 Å². The molecule has 3 nitrogen and oxygen atoms in total. The maximum Gasteiger partial charge on any atom is 0.231 e. The van der Waals surface area contributed by atoms with Crippen molar-refractivity contribution in [3.8, 4) is 16.9 Å². The fraction of sp³-hybridized carbons (Fsp3) is 0.154. The second kappa shape index (κ2) is 4.23. The Kier molecular flexibility index (Phi) is 2.77. The highest BCUT2D eigenvalue weighted by molar-refractivity contribution is 5.63. The van der Waals surface area contributed by atoms with E-state index in [0.717, 1.165) is 27.3 Å². The SMILES string of the molecule is COc1ccc(-c2cc[n+](O)c(C)c2)cc1. The number of aromatic nitrogens is 1. The monoisotopic (exact) mass is 216 g/mol. The molecule has 0 aliphatic rings. The molecule has 0 bridgehead atoms. The lowest BCUT2D eigenvalue weighted by Gasteiger charge is -2.03. The Morgan fingerprint density at radius 3 is 2.31 bits per heavy atom. The maximum atomic E-state index is 9.37. The average Bonchev–Trinajstić information content (AvgIpc) is 2.33. The van der Waals surface area contributed by atoms with Gasteiger partial charge in [-0.05, 0) is 23.3 Å². The zero-order chi connectivity index (χ0) is 11.5. The van der Waals surface area contributed by atoms with Crippen molar-refractivity contribution < 1.29 is 14.7 Å². The van der Waals surface area contributed by atoms with Gasteiger partial charge in [0.1, 0.15) is 5.75 Å². The first-order valence-electron chi connectivity index (χ1n) is 5.06. The first-order valence-corrected chi connectivity index (χ1v) is 5.06. The van der Waals surface area contributed by atoms with E-state index in [2.05, 4.69) is 0 Å². The third kappa shape index (κ3) is 1.98. The number of hydrogen-bond acceptors (Lipinski definition) is 2. The highest BCUT2D eigenvalue weighted by Crippen LogP contribution is 2.21. The Balaban J connectivity index is 2.38. The van der Waals surface area contributed by atoms with Crippen LogP contribution in [0.5, 0.6) is 5.75 Å². The molecule has 0 saturated heterocycles. The van der Waals surface area contributed by atoms with Crippen LogP contribution in [-0.4, -0.2) is 12.3 Å². The number of ether oxygens (including phenoxy) is 1. The quantitative estimate of drug-likeness (QED) is 0.616. The number of nitrogens with zero attached hydrogens (tertiary/aromatic N) is 1. The van der Waals surface area contributed by atoms with Crippen molar-refractivity contribution in [1.29, 1.82) is 0 Å². The topological polar surface area (TPSA) is 33.3 Å². The second-order valence-corrected chi connectivity index (χ2v) is 3.63. The van der Waals surface area contributed by atoms with E-state index in [1.807, 2.05) is 43.3 Å². The second-order valence-electron chi connectivity index (χ2n) is 3.63. The molecular formula is C13H14NO2+. The first-order chi connectivity index (χ1) is 7.70. The summed E-state index contributed by atoms with van der Waals surface area (Å²) in [5.41, 5.74) is 2.98. The van der Waals surface area contributed by atoms with Crippen LogP contribution in [0.1, 0.15) is 5.69 Å². The molecule has 0 amide bonds. The summed E-state index contributed by atoms with van der Waals surface area (Å²) in [7, 11) is 1.65. The minimum Gasteiger partial charge on any atom is -0.497 e. The summed E-state index contributed by atoms with van der Waals surface area (Å²) >= 11 is 0. The van der Waals surface area contributed by atoms with Crippen molar-refractivity contribution >= 4 is 0 Å². The summed E-state index contributed by atoms with van der Waals surface area (Å²) in [6.45, 7) is 1.85. The Labute approximate surface area is 94.5 Å². The molecule has 0 spiro atoms. The third-order valence-electron chi connectivity index (χ3n) is 2.54. The van der Waals surface area contributed by atoms with E-state index in [4.69, 9.17) is 4.74 Å². The van der Waals surface area contributed by atoms with Crippen LogP contribution in [0.15, 0.2) is 42.6 Å². The smallest absolute Gasteiger partial charge is 0.231 e. The van der Waals surface area contributed by atoms with Crippen LogP contribution in [0.2, 0.25) is 0 Å². The molecule has 0 aliphatic heterocycles. The molecule has 16 heavy (non-hydrogen) atoms. The zero-order valence-corrected chi connectivity index (χ0v) is 9.34. The summed E-state index contributed by atoms with van der Waals surface area (Å²) in [6.07, 6.45) is 1.63. The van der Waals surface area contributed by atoms with Gasteiger partial charge in [0.2, 0.25) is 11.9 Å². The van der Waals surface area contributed by atoms with Gasteiger partial charge >= 0.3 is 0 Å². The molecule has 0 aliphatic carbocycles. The number of methoxy groups -OCH3 is 1. The van der Waals surface area contributed by atoms with Crippen molar-refractivity contribution in [2.45, 2.75) is 6.92 Å². The molecule has 1 N–H and O–H groups in total. The summed E-state index contributed by atoms with van der Waals surface area (Å²) < 4.78 is 6.21. The van der Waals surface area contributed by atoms with Gasteiger partial charge in [0.15, 0.2) is 0 Å². The van der Waals surface area contributed by atoms with E-state index >= 15 is 0 Å². The van der Waals surface area contributed by atoms with Crippen LogP contribution in [0.4, 0.5) is 0 Å². The van der Waals surface area contributed by atoms with Crippen molar-refractivity contribution in [1.82, 2.24) is 0 Å². The minimum atomic E-state index is 0.799. The van der Waals surface area contributed by atoms with E-state index in [0.29, 0.717) is 0 Å². The highest BCUT2D eigenvalue weighted by atomic mass is 16.5. The number of aryl methyl sites for hydroxylation is 1. The van der Waals surface area contributed by atoms with Gasteiger partial charge in [-0.15, -0.1) is 0 Å². The Bertz CT molecular complexity index is 492. The molecule has 2 aromatic rings. The van der Waals surface area contributed by atoms with Crippen molar-refractivity contribution in [3.05, 3.63) is 48.3 Å². The summed E-state index contributed by atoms with van der Waals surface area (Å²) in [5.74, 6) is 0.841. The minimum absolute atomic E-state index is 0.799. The molecule has 2 rings (SSSR count). The van der Waals surface area contributed by atoms with Gasteiger partial charge in [0.25, 0.3) is 0 Å². The standard InChI is InChI=1S/C13H14NO2/c1-10-9-12(7-8-14(10)15)11-3-5-13(16-2)6-4-11/h3-9,15H,1-2H3/q+1. The maximum absolute atomic E-state index is 9.37. The zero-order valence-electron chi connectivity index (χ0n) is 9.34. The van der Waals surface area contributed by atoms with Crippen LogP contribution in [0.25, 0.3) is 11.1 Å². The fourth-order valence-corrected chi connectivity index (χ4v) is 1.57. The summed E-state index contributed by atoms with van der Waals surface area (Å²) in [5, 5.41) is 9.37. The number of rotatable bonds is 2. The van der Waals surface area contributed by atoms with E-state index in [9.17, 15) is 5.21 Å². The van der Waals surface area contributed by atoms with Gasteiger partial charge in [0.05, 0.1) is 7.11 Å². The van der Waals surface area contributed by atoms with Gasteiger partial charge in [-0.3, -0.25) is 5.21 Å². The molecule has 82 valence electrons. The van der Waals surface area contributed by atoms with Crippen molar-refractivity contribution in [2.75, 3.05) is 7.11 Å². The van der Waals surface area contributed by atoms with Gasteiger partial charge in [-0.25, -0.2) is 0 Å². The fourth-order valence-electron chi connectivity index (χ4n) is 1.57. The predicted molar refractivity (Wildman–Crippen MR) is 60.5 cm³/mol. The van der Waals surface area contributed by atoms with E-state index in [1.165, 1.54) is 0 Å². The van der Waals surface area contributed by atoms with Crippen molar-refractivity contribution in [2.24, 2.45) is 0 Å². The molecule has 0 atom stereocenters. The van der Waals surface area contributed by atoms with Crippen LogP contribution < -0.4 is 9.47 Å². The lowest BCUT2D eigenvalue weighted by Crippen LogP contribution is -2.32. The lowest BCUT2D eigenvalue weighted by atomic mass is 10.1. The van der Waals surface area contributed by atoms with E-state index < -0.39 is 0 Å². The number of pyridine rings is 1. The molecule has 1 aromatic carbocycles. The van der Waals surface area contributed by atoms with Gasteiger partial charge in [-0.1, -0.05) is 12.1 Å². The molecule has 1 heterocycles. The largest absolute Gasteiger partial charge is 0.497 e. The predicted octanol–water partition coefficient (Wildman–Crippen LogP) is 2.20. The molecule has 3 heteroatoms. The van der Waals surface area contributed by atoms with Gasteiger partial charge < -0.3 is 4.74 Å². The Hall–Kier alpha value is -2.03. The summed E-state index contributed by atoms with van der Waals surface area (Å²) in [6, 6.07) is 11.6. The Morgan fingerprint density at radius 1 is 1.06 bits per heavy atom. The van der Waals surface area contributed by atoms with Gasteiger partial charge in [-0.2, -0.15) is 0 Å². The average molecular weight is 216 g/mol. The number of hydrogen-bond donors (Lipinski definition) is 1. The molecule has 0 radical (unpaired) electrons. The highest BCUT2D eigenvalue weighted by Gasteiger charge is 2.06. The van der Waals surface area contributed by atoms with Crippen molar-refractivity contribution in [3.63, 3.8) is 0 Å². The third-order valence-corrected chi connectivity index (χ3v) is 2.54. The van der Waals surface area contributed by atoms with Gasteiger partial charge in [0, 0.05) is 23.8 Å². The van der Waals surface area contributed by atoms with Crippen LogP contribution >= 0.6 is 0 Å². The van der Waals surface area contributed by atoms with Crippen LogP contribution in [-0.2, 0) is 0 Å². The Morgan fingerprint density at radius 2 is 1.75 bits per heavy atom. The first kappa shape index (κ1) is 10.5. The molecule has 0 saturated carbocycles. The lowest BCUT2D eigenvalue weighted by molar-refractivity contribution is -0.908. The number of benzene rings is 1. The van der Waals surface area contributed by atoms with E-state index in [-0.39, 0.29) is 0 Å². The molecular weight excluding hydrogens is 202 g/mol. The molecule has 0 fully saturated rings.